The van der Waals surface area contributed by atoms with Gasteiger partial charge in [0.15, 0.2) is 6.29 Å². The zero-order valence-corrected chi connectivity index (χ0v) is 54.4. The van der Waals surface area contributed by atoms with Crippen LogP contribution >= 0.6 is 23.2 Å². The van der Waals surface area contributed by atoms with Crippen molar-refractivity contribution in [3.8, 4) is 11.5 Å². The maximum atomic E-state index is 13.4. The Kier molecular flexibility index (Phi) is 18.4. The number of benzene rings is 4. The first-order chi connectivity index (χ1) is 42.0. The van der Waals surface area contributed by atoms with Crippen LogP contribution in [-0.2, 0) is 58.0 Å². The number of nitrogens with zero attached hydrogens (tertiary/aromatic N) is 2. The summed E-state index contributed by atoms with van der Waals surface area (Å²) in [5, 5.41) is 10.5. The van der Waals surface area contributed by atoms with Crippen LogP contribution in [0.15, 0.2) is 97.1 Å². The van der Waals surface area contributed by atoms with E-state index in [2.05, 4.69) is 43.5 Å². The Balaban J connectivity index is 0.000000182. The number of methoxy groups -OCH3 is 2. The topological polar surface area (TPSA) is 207 Å². The van der Waals surface area contributed by atoms with Crippen LogP contribution in [-0.4, -0.2) is 122 Å². The predicted molar refractivity (Wildman–Crippen MR) is 343 cm³/mol. The number of carbonyl (C=O) groups is 3. The number of aliphatic hydroxyl groups is 1. The number of halogens is 2. The van der Waals surface area contributed by atoms with Gasteiger partial charge in [-0.1, -0.05) is 67.4 Å². The number of hydrogen-bond donors (Lipinski definition) is 3. The van der Waals surface area contributed by atoms with E-state index in [0.29, 0.717) is 68.8 Å². The highest BCUT2D eigenvalue weighted by Gasteiger charge is 2.51. The van der Waals surface area contributed by atoms with Gasteiger partial charge in [0.2, 0.25) is 20.0 Å². The number of sulfonamides is 2. The lowest BCUT2D eigenvalue weighted by Gasteiger charge is -2.50. The van der Waals surface area contributed by atoms with Crippen LogP contribution in [0.3, 0.4) is 0 Å². The summed E-state index contributed by atoms with van der Waals surface area (Å²) in [5.74, 6) is -0.148. The van der Waals surface area contributed by atoms with Gasteiger partial charge in [-0.2, -0.15) is 0 Å². The third-order valence-corrected chi connectivity index (χ3v) is 25.9. The highest BCUT2D eigenvalue weighted by Crippen LogP contribution is 2.51. The first-order valence-corrected chi connectivity index (χ1v) is 35.1. The third kappa shape index (κ3) is 12.2. The number of carbonyl (C=O) groups excluding carboxylic acids is 3. The molecule has 2 saturated carbocycles. The van der Waals surface area contributed by atoms with Crippen molar-refractivity contribution in [3.63, 3.8) is 0 Å². The lowest BCUT2D eigenvalue weighted by atomic mass is 9.64. The second-order valence-corrected chi connectivity index (χ2v) is 31.5. The number of ether oxygens (including phenoxy) is 4. The maximum absolute atomic E-state index is 13.4. The van der Waals surface area contributed by atoms with Crippen LogP contribution in [0.25, 0.3) is 0 Å². The fraction of sp³-hybridized carbons (Fsp3) is 0.544. The van der Waals surface area contributed by atoms with Gasteiger partial charge >= 0.3 is 0 Å². The van der Waals surface area contributed by atoms with E-state index in [1.165, 1.54) is 22.3 Å². The Morgan fingerprint density at radius 2 is 1.10 bits per heavy atom. The number of allylic oxidation sites excluding steroid dienone is 2. The molecule has 2 amide bonds. The normalized spacial score (nSPS) is 34.0. The fourth-order valence-electron chi connectivity index (χ4n) is 15.5. The minimum atomic E-state index is -3.97. The summed E-state index contributed by atoms with van der Waals surface area (Å²) in [5.41, 5.74) is 4.42. The number of anilines is 2. The van der Waals surface area contributed by atoms with Crippen LogP contribution in [0.4, 0.5) is 11.4 Å². The lowest BCUT2D eigenvalue weighted by Crippen LogP contribution is -2.54. The number of fused-ring (bicyclic) bond motifs is 8. The molecule has 20 heteroatoms. The second-order valence-electron chi connectivity index (χ2n) is 26.5. The van der Waals surface area contributed by atoms with Gasteiger partial charge in [-0.05, 0) is 209 Å². The van der Waals surface area contributed by atoms with Gasteiger partial charge in [0.1, 0.15) is 22.7 Å². The molecule has 88 heavy (non-hydrogen) atoms. The van der Waals surface area contributed by atoms with E-state index in [1.807, 2.05) is 50.3 Å². The number of aryl methyl sites for hydroxylation is 2. The average molecular weight is 1280 g/mol. The third-order valence-electron chi connectivity index (χ3n) is 21.6. The number of aldehydes is 1. The Bertz CT molecular complexity index is 3620. The van der Waals surface area contributed by atoms with Crippen molar-refractivity contribution in [3.05, 3.63) is 141 Å². The smallest absolute Gasteiger partial charge is 0.264 e. The summed E-state index contributed by atoms with van der Waals surface area (Å²) >= 11 is 12.8. The molecule has 4 heterocycles. The Morgan fingerprint density at radius 3 is 1.52 bits per heavy atom. The summed E-state index contributed by atoms with van der Waals surface area (Å²) in [6, 6.07) is 22.6. The molecule has 4 aliphatic heterocycles. The molecule has 0 radical (unpaired) electrons. The predicted octanol–water partition coefficient (Wildman–Crippen LogP) is 10.7. The van der Waals surface area contributed by atoms with Crippen LogP contribution in [0.2, 0.25) is 10.0 Å². The van der Waals surface area contributed by atoms with E-state index in [1.54, 1.807) is 64.5 Å². The van der Waals surface area contributed by atoms with E-state index in [0.717, 1.165) is 86.9 Å². The number of aliphatic hydroxyl groups excluding tert-OH is 1. The number of amides is 2. The molecule has 2 spiro atoms. The first-order valence-electron chi connectivity index (χ1n) is 31.3. The van der Waals surface area contributed by atoms with Crippen molar-refractivity contribution < 1.29 is 55.3 Å². The van der Waals surface area contributed by atoms with Crippen molar-refractivity contribution in [2.24, 2.45) is 35.5 Å². The van der Waals surface area contributed by atoms with Gasteiger partial charge < -0.3 is 33.9 Å². The largest absolute Gasteiger partial charge is 0.490 e. The number of rotatable bonds is 4. The molecule has 16 nitrogen and oxygen atoms in total. The van der Waals surface area contributed by atoms with E-state index in [-0.39, 0.29) is 64.1 Å². The second kappa shape index (κ2) is 25.3. The fourth-order valence-corrected chi connectivity index (χ4v) is 18.4. The van der Waals surface area contributed by atoms with E-state index in [9.17, 15) is 36.3 Å². The van der Waals surface area contributed by atoms with E-state index in [4.69, 9.17) is 42.1 Å². The average Bonchev–Trinajstić information content (AvgIpc) is 1.66. The van der Waals surface area contributed by atoms with Gasteiger partial charge in [0, 0.05) is 78.3 Å². The minimum Gasteiger partial charge on any atom is -0.490 e. The van der Waals surface area contributed by atoms with Gasteiger partial charge in [-0.3, -0.25) is 14.4 Å². The monoisotopic (exact) mass is 1280 g/mol. The van der Waals surface area contributed by atoms with Gasteiger partial charge in [-0.15, -0.1) is 0 Å². The number of nitrogens with one attached hydrogen (secondary N) is 2. The molecule has 0 saturated heterocycles. The molecule has 474 valence electrons. The standard InChI is InChI=1S/C34H43ClN2O6S.C34H41ClN2O6S/c2*1-22-6-4-15-34(20-38,42-3)29-11-8-26(29)18-37-19-33(14-5-7-24-16-27(35)10-12-28(24)33)21-43-31-13-9-25(17-30(31)37)32(39)36-44(40,41)23(22)2/h4,9-10,12-13,15-17,22-23,26,29,38H,5-8,11,14,18-21H2,1-3H3,(H,36,39);4,9-10,12-13,15-17,20,22-23,26,29H,5-8,11,14,18-19,21H2,1-3H3,(H,36,39)/b2*15-4+/t2*22-,23+,26-,29+,33-,34+/m00/s1. The van der Waals surface area contributed by atoms with Crippen molar-refractivity contribution in [2.75, 3.05) is 70.0 Å². The maximum Gasteiger partial charge on any atom is 0.264 e. The molecule has 3 N–H and O–H groups in total. The van der Waals surface area contributed by atoms with Gasteiger partial charge in [-0.25, -0.2) is 26.3 Å². The molecule has 8 aliphatic rings. The van der Waals surface area contributed by atoms with Gasteiger partial charge in [0.25, 0.3) is 11.8 Å². The Morgan fingerprint density at radius 1 is 0.636 bits per heavy atom. The van der Waals surface area contributed by atoms with E-state index < -0.39 is 53.6 Å². The van der Waals surface area contributed by atoms with Crippen molar-refractivity contribution in [1.29, 1.82) is 0 Å². The molecule has 12 rings (SSSR count). The Labute approximate surface area is 529 Å². The SMILES string of the molecule is CO[C@@]1(C=O)/C=C/C[C@H](C)[C@@H](C)S(=O)(=O)NC(=O)c2ccc3c(c2)N(C[C@@H]2CC[C@H]21)C[C@@]1(CCCc2cc(Cl)ccc21)CO3.CO[C@@]1(CO)/C=C/C[C@H](C)[C@@H](C)S(=O)(=O)NC(=O)c2ccc3c(c2)N(C[C@@H]2CC[C@H]21)C[C@@]1(CCCc2cc(Cl)ccc21)CO3. The Hall–Kier alpha value is -5.47. The molecule has 4 aliphatic carbocycles. The van der Waals surface area contributed by atoms with Crippen molar-refractivity contribution in [1.82, 2.24) is 9.44 Å². The minimum absolute atomic E-state index is 0.0434. The molecule has 2 fully saturated rings. The molecular weight excluding hydrogens is 1200 g/mol. The molecule has 0 unspecified atom stereocenters. The molecular formula is C68H84Cl2N4O12S2. The molecule has 4 bridgehead atoms. The first kappa shape index (κ1) is 64.1. The molecule has 12 atom stereocenters. The molecule has 0 aromatic heterocycles. The van der Waals surface area contributed by atoms with Crippen molar-refractivity contribution >= 4 is 72.7 Å². The van der Waals surface area contributed by atoms with Crippen LogP contribution in [0.1, 0.15) is 135 Å². The van der Waals surface area contributed by atoms with Crippen molar-refractivity contribution in [2.45, 2.75) is 137 Å². The molecule has 4 aromatic rings. The van der Waals surface area contributed by atoms with Crippen LogP contribution < -0.4 is 28.7 Å². The zero-order valence-electron chi connectivity index (χ0n) is 51.3. The highest BCUT2D eigenvalue weighted by molar-refractivity contribution is 7.91. The van der Waals surface area contributed by atoms with E-state index >= 15 is 0 Å². The van der Waals surface area contributed by atoms with Gasteiger partial charge in [0.05, 0.1) is 41.7 Å². The number of hydrogen-bond acceptors (Lipinski definition) is 14. The molecule has 4 aromatic carbocycles. The highest BCUT2D eigenvalue weighted by atomic mass is 35.5. The lowest BCUT2D eigenvalue weighted by molar-refractivity contribution is -0.136. The summed E-state index contributed by atoms with van der Waals surface area (Å²) in [6.07, 6.45) is 18.8. The van der Waals surface area contributed by atoms with Crippen LogP contribution in [0.5, 0.6) is 11.5 Å². The quantitative estimate of drug-likeness (QED) is 0.128. The summed E-state index contributed by atoms with van der Waals surface area (Å²) in [6.45, 7) is 10.3. The van der Waals surface area contributed by atoms with Crippen LogP contribution in [0, 0.1) is 35.5 Å². The zero-order chi connectivity index (χ0) is 62.6. The summed E-state index contributed by atoms with van der Waals surface area (Å²) < 4.78 is 82.9. The summed E-state index contributed by atoms with van der Waals surface area (Å²) in [4.78, 5) is 44.1. The summed E-state index contributed by atoms with van der Waals surface area (Å²) in [7, 11) is -4.72.